The van der Waals surface area contributed by atoms with Crippen LogP contribution in [-0.2, 0) is 27.4 Å². The van der Waals surface area contributed by atoms with Crippen LogP contribution in [0.5, 0.6) is 5.75 Å². The number of benzene rings is 2. The van der Waals surface area contributed by atoms with Crippen LogP contribution >= 0.6 is 0 Å². The number of nitrogens with one attached hydrogen (secondary N) is 2. The Labute approximate surface area is 179 Å². The van der Waals surface area contributed by atoms with Gasteiger partial charge in [0, 0.05) is 6.42 Å². The van der Waals surface area contributed by atoms with Gasteiger partial charge in [-0.25, -0.2) is 4.79 Å². The molecule has 0 aromatic heterocycles. The molecule has 4 N–H and O–H groups in total. The van der Waals surface area contributed by atoms with Crippen LogP contribution < -0.4 is 10.6 Å². The van der Waals surface area contributed by atoms with Crippen molar-refractivity contribution in [2.45, 2.75) is 32.0 Å². The van der Waals surface area contributed by atoms with Gasteiger partial charge < -0.3 is 31.1 Å². The van der Waals surface area contributed by atoms with Crippen molar-refractivity contribution in [2.24, 2.45) is 0 Å². The Balaban J connectivity index is 0.00000151. The summed E-state index contributed by atoms with van der Waals surface area (Å²) in [7, 11) is 0. The summed E-state index contributed by atoms with van der Waals surface area (Å²) in [6, 6.07) is 13.0. The van der Waals surface area contributed by atoms with Gasteiger partial charge in [-0.1, -0.05) is 42.5 Å². The maximum absolute atomic E-state index is 12.4. The van der Waals surface area contributed by atoms with Crippen LogP contribution in [0.4, 0.5) is 4.79 Å². The van der Waals surface area contributed by atoms with Gasteiger partial charge in [0.25, 0.3) is 0 Å². The minimum absolute atomic E-state index is 0.0335. The summed E-state index contributed by atoms with van der Waals surface area (Å²) in [6.07, 6.45) is -0.704. The molecule has 0 aliphatic rings. The van der Waals surface area contributed by atoms with Gasteiger partial charge in [-0.15, -0.1) is 0 Å². The van der Waals surface area contributed by atoms with Gasteiger partial charge in [-0.2, -0.15) is 4.79 Å². The average molecular weight is 428 g/mol. The molecule has 31 heavy (non-hydrogen) atoms. The lowest BCUT2D eigenvalue weighted by molar-refractivity contribution is -0.141. The number of phenolic OH excluding ortho intramolecular Hbond substituents is 1. The lowest BCUT2D eigenvalue weighted by Gasteiger charge is -2.20. The molecule has 0 aliphatic heterocycles. The molecule has 2 aromatic carbocycles. The van der Waals surface area contributed by atoms with Gasteiger partial charge in [0.1, 0.15) is 24.4 Å². The van der Waals surface area contributed by atoms with E-state index in [-0.39, 0.29) is 18.8 Å². The number of rotatable bonds is 8. The van der Waals surface area contributed by atoms with Crippen molar-refractivity contribution in [3.8, 4) is 5.75 Å². The molecule has 0 bridgehead atoms. The molecule has 10 nitrogen and oxygen atoms in total. The minimum atomic E-state index is -1.19. The summed E-state index contributed by atoms with van der Waals surface area (Å²) >= 11 is 0. The number of aromatic hydroxyl groups is 1. The van der Waals surface area contributed by atoms with Gasteiger partial charge >= 0.3 is 12.1 Å². The van der Waals surface area contributed by atoms with Crippen molar-refractivity contribution in [1.29, 1.82) is 0 Å². The second-order valence-electron chi connectivity index (χ2n) is 6.34. The predicted molar refractivity (Wildman–Crippen MR) is 111 cm³/mol. The number of carboxylic acid groups (broad SMARTS) is 1. The highest BCUT2D eigenvalue weighted by molar-refractivity contribution is 5.89. The molecule has 0 spiro atoms. The molecule has 0 saturated heterocycles. The molecule has 0 aliphatic carbocycles. The van der Waals surface area contributed by atoms with Crippen molar-refractivity contribution in [3.63, 3.8) is 0 Å². The molecule has 164 valence electrons. The number of alkyl carbamates (subject to hydrolysis) is 1. The van der Waals surface area contributed by atoms with Gasteiger partial charge in [0.2, 0.25) is 12.6 Å². The molecule has 10 heteroatoms. The molecule has 0 radical (unpaired) electrons. The number of aliphatic carboxylic acids is 1. The lowest BCUT2D eigenvalue weighted by Crippen LogP contribution is -2.51. The first-order valence-electron chi connectivity index (χ1n) is 9.15. The zero-order chi connectivity index (χ0) is 23.2. The van der Waals surface area contributed by atoms with Crippen LogP contribution in [0, 0.1) is 0 Å². The molecule has 2 amide bonds. The van der Waals surface area contributed by atoms with Crippen LogP contribution in [0.2, 0.25) is 0 Å². The molecule has 2 rings (SSSR count). The van der Waals surface area contributed by atoms with E-state index in [1.54, 1.807) is 24.3 Å². The molecule has 2 atom stereocenters. The molecule has 0 saturated carbocycles. The Morgan fingerprint density at radius 3 is 2.19 bits per heavy atom. The highest BCUT2D eigenvalue weighted by Crippen LogP contribution is 2.12. The highest BCUT2D eigenvalue weighted by Gasteiger charge is 2.25. The number of ether oxygens (including phenoxy) is 1. The van der Waals surface area contributed by atoms with Crippen molar-refractivity contribution >= 4 is 24.7 Å². The molecule has 2 unspecified atom stereocenters. The molecular weight excluding hydrogens is 404 g/mol. The third-order valence-electron chi connectivity index (χ3n) is 3.93. The summed E-state index contributed by atoms with van der Waals surface area (Å²) in [6.45, 7) is 4.03. The summed E-state index contributed by atoms with van der Waals surface area (Å²) < 4.78 is 5.13. The standard InChI is InChI=1S/C20H22N2O6.CH2N2/c1-13(19(25)26)21-18(24)17(11-14-7-9-16(23)10-8-14)22-20(27)28-12-15-5-3-2-4-6-15;1-3-2/h2-10,13,17,23H,11-12H2,1H3,(H,21,24)(H,22,27)(H,25,26);1H2. The normalized spacial score (nSPS) is 11.5. The van der Waals surface area contributed by atoms with E-state index in [2.05, 4.69) is 22.1 Å². The molecule has 2 aromatic rings. The summed E-state index contributed by atoms with van der Waals surface area (Å²) in [5.74, 6) is -1.78. The zero-order valence-electron chi connectivity index (χ0n) is 16.9. The first-order valence-corrected chi connectivity index (χ1v) is 9.15. The number of amides is 2. The smallest absolute Gasteiger partial charge is 0.408 e. The number of hydrogen-bond acceptors (Lipinski definition) is 5. The Morgan fingerprint density at radius 1 is 1.06 bits per heavy atom. The van der Waals surface area contributed by atoms with E-state index in [1.807, 2.05) is 18.2 Å². The van der Waals surface area contributed by atoms with Crippen LogP contribution in [0.1, 0.15) is 18.1 Å². The number of carbonyl (C=O) groups is 3. The van der Waals surface area contributed by atoms with E-state index in [9.17, 15) is 19.5 Å². The quantitative estimate of drug-likeness (QED) is 0.284. The fraction of sp³-hybridized carbons (Fsp3) is 0.238. The summed E-state index contributed by atoms with van der Waals surface area (Å²) in [5.41, 5.74) is 8.54. The number of phenols is 1. The van der Waals surface area contributed by atoms with Crippen molar-refractivity contribution in [3.05, 3.63) is 71.3 Å². The first-order chi connectivity index (χ1) is 14.8. The van der Waals surface area contributed by atoms with Crippen LogP contribution in [-0.4, -0.2) is 51.8 Å². The minimum Gasteiger partial charge on any atom is -0.508 e. The molecule has 0 fully saturated rings. The molecular formula is C21H24N4O6. The van der Waals surface area contributed by atoms with E-state index in [4.69, 9.17) is 15.4 Å². The van der Waals surface area contributed by atoms with E-state index >= 15 is 0 Å². The third-order valence-corrected chi connectivity index (χ3v) is 3.93. The van der Waals surface area contributed by atoms with Crippen LogP contribution in [0.3, 0.4) is 0 Å². The van der Waals surface area contributed by atoms with Gasteiger partial charge in [-0.3, -0.25) is 9.59 Å². The number of hydrogen-bond donors (Lipinski definition) is 4. The average Bonchev–Trinajstić information content (AvgIpc) is 2.74. The second-order valence-corrected chi connectivity index (χ2v) is 6.34. The number of carbonyl (C=O) groups excluding carboxylic acids is 2. The maximum Gasteiger partial charge on any atom is 0.408 e. The van der Waals surface area contributed by atoms with E-state index in [1.165, 1.54) is 19.1 Å². The Morgan fingerprint density at radius 2 is 1.65 bits per heavy atom. The number of nitrogens with zero attached hydrogens (tertiary/aromatic N) is 2. The van der Waals surface area contributed by atoms with Crippen molar-refractivity contribution in [1.82, 2.24) is 10.6 Å². The second kappa shape index (κ2) is 13.1. The summed E-state index contributed by atoms with van der Waals surface area (Å²) in [5, 5.41) is 23.1. The fourth-order valence-corrected chi connectivity index (χ4v) is 2.36. The Bertz CT molecular complexity index is 896. The third kappa shape index (κ3) is 9.73. The predicted octanol–water partition coefficient (Wildman–Crippen LogP) is 1.74. The van der Waals surface area contributed by atoms with E-state index in [0.29, 0.717) is 5.56 Å². The van der Waals surface area contributed by atoms with Crippen LogP contribution in [0.15, 0.2) is 54.6 Å². The van der Waals surface area contributed by atoms with Gasteiger partial charge in [-0.05, 0) is 30.2 Å². The summed E-state index contributed by atoms with van der Waals surface area (Å²) in [4.78, 5) is 37.8. The molecule has 0 heterocycles. The lowest BCUT2D eigenvalue weighted by atomic mass is 10.0. The van der Waals surface area contributed by atoms with Gasteiger partial charge in [0.15, 0.2) is 0 Å². The zero-order valence-corrected chi connectivity index (χ0v) is 16.9. The highest BCUT2D eigenvalue weighted by atomic mass is 16.5. The Kier molecular flexibility index (Phi) is 10.5. The first kappa shape index (κ1) is 24.9. The SMILES string of the molecule is C=[N+]=[N-].CC(NC(=O)C(Cc1ccc(O)cc1)NC(=O)OCc1ccccc1)C(=O)O. The topological polar surface area (TPSA) is 161 Å². The Hall–Kier alpha value is -4.17. The van der Waals surface area contributed by atoms with Crippen molar-refractivity contribution < 1.29 is 34.1 Å². The van der Waals surface area contributed by atoms with E-state index in [0.717, 1.165) is 5.56 Å². The fourth-order valence-electron chi connectivity index (χ4n) is 2.36. The maximum atomic E-state index is 12.4. The van der Waals surface area contributed by atoms with Crippen LogP contribution in [0.25, 0.3) is 5.53 Å². The monoisotopic (exact) mass is 428 g/mol. The largest absolute Gasteiger partial charge is 0.508 e. The number of carboxylic acids is 1. The van der Waals surface area contributed by atoms with E-state index < -0.39 is 30.1 Å². The van der Waals surface area contributed by atoms with Gasteiger partial charge in [0.05, 0.1) is 0 Å². The van der Waals surface area contributed by atoms with Crippen molar-refractivity contribution in [2.75, 3.05) is 0 Å².